The molecule has 0 aromatic heterocycles. The minimum absolute atomic E-state index is 0.0798. The van der Waals surface area contributed by atoms with Crippen molar-refractivity contribution in [1.29, 1.82) is 0 Å². The van der Waals surface area contributed by atoms with Crippen LogP contribution in [0.5, 0.6) is 0 Å². The molecule has 5 aliphatic carbocycles. The quantitative estimate of drug-likeness (QED) is 0.0761. The van der Waals surface area contributed by atoms with Crippen molar-refractivity contribution in [3.63, 3.8) is 0 Å². The Bertz CT molecular complexity index is 2130. The maximum absolute atomic E-state index is 15.2. The van der Waals surface area contributed by atoms with Crippen molar-refractivity contribution in [2.75, 3.05) is 13.2 Å². The Morgan fingerprint density at radius 2 is 1.29 bits per heavy atom. The molecule has 8 fully saturated rings. The molecule has 4 saturated carbocycles. The van der Waals surface area contributed by atoms with Crippen molar-refractivity contribution in [2.45, 2.75) is 242 Å². The summed E-state index contributed by atoms with van der Waals surface area (Å²) in [6, 6.07) is 0. The number of carboxylic acid groups (broad SMARTS) is 1. The topological polar surface area (TPSA) is 351 Å². The van der Waals surface area contributed by atoms with E-state index in [1.807, 2.05) is 0 Å². The third-order valence-corrected chi connectivity index (χ3v) is 21.0. The number of rotatable bonds is 10. The van der Waals surface area contributed by atoms with Crippen LogP contribution in [0.2, 0.25) is 0 Å². The number of aliphatic hydroxyl groups is 11. The summed E-state index contributed by atoms with van der Waals surface area (Å²) >= 11 is 0. The summed E-state index contributed by atoms with van der Waals surface area (Å²) in [5.74, 6) is -2.10. The fourth-order valence-electron chi connectivity index (χ4n) is 16.2. The van der Waals surface area contributed by atoms with Crippen molar-refractivity contribution >= 4 is 11.9 Å². The molecule has 0 amide bonds. The highest BCUT2D eigenvalue weighted by Crippen LogP contribution is 2.76. The summed E-state index contributed by atoms with van der Waals surface area (Å²) in [6.07, 6.45) is -22.5. The van der Waals surface area contributed by atoms with E-state index < -0.39 is 159 Å². The van der Waals surface area contributed by atoms with Gasteiger partial charge in [-0.2, -0.15) is 0 Å². The zero-order valence-electron chi connectivity index (χ0n) is 44.3. The average molecular weight is 1070 g/mol. The maximum Gasteiger partial charge on any atom is 0.335 e. The predicted octanol–water partition coefficient (Wildman–Crippen LogP) is -0.276. The van der Waals surface area contributed by atoms with Gasteiger partial charge in [-0.05, 0) is 116 Å². The first-order valence-electron chi connectivity index (χ1n) is 27.1. The number of hydrogen-bond donors (Lipinski definition) is 12. The number of esters is 1. The molecule has 0 aromatic carbocycles. The van der Waals surface area contributed by atoms with E-state index >= 15 is 4.79 Å². The smallest absolute Gasteiger partial charge is 0.335 e. The number of aliphatic hydroxyl groups excluding tert-OH is 11. The number of carbonyl (C=O) groups excluding carboxylic acids is 1. The molecule has 9 rings (SSSR count). The number of aliphatic carboxylic acids is 1. The van der Waals surface area contributed by atoms with Crippen LogP contribution in [0.3, 0.4) is 0 Å². The summed E-state index contributed by atoms with van der Waals surface area (Å²) in [4.78, 5) is 27.7. The fraction of sp³-hybridized carbons (Fsp3) is 0.925. The number of hydrogen-bond acceptors (Lipinski definition) is 21. The molecule has 0 unspecified atom stereocenters. The maximum atomic E-state index is 15.2. The number of allylic oxidation sites excluding steroid dienone is 2. The van der Waals surface area contributed by atoms with Crippen molar-refractivity contribution in [2.24, 2.45) is 50.2 Å². The van der Waals surface area contributed by atoms with Crippen LogP contribution in [0.4, 0.5) is 0 Å². The molecule has 4 aliphatic heterocycles. The highest BCUT2D eigenvalue weighted by atomic mass is 16.8. The van der Waals surface area contributed by atoms with Gasteiger partial charge in [0.2, 0.25) is 6.29 Å². The van der Waals surface area contributed by atoms with E-state index in [4.69, 9.17) is 37.9 Å². The molecule has 0 bridgehead atoms. The van der Waals surface area contributed by atoms with Crippen LogP contribution >= 0.6 is 0 Å². The van der Waals surface area contributed by atoms with Gasteiger partial charge in [-0.3, -0.25) is 4.79 Å². The van der Waals surface area contributed by atoms with Gasteiger partial charge < -0.3 is 99.2 Å². The van der Waals surface area contributed by atoms with Gasteiger partial charge in [0.1, 0.15) is 73.2 Å². The molecular weight excluding hydrogens is 989 g/mol. The molecule has 22 heteroatoms. The van der Waals surface area contributed by atoms with Crippen LogP contribution in [0.25, 0.3) is 0 Å². The van der Waals surface area contributed by atoms with Crippen molar-refractivity contribution in [3.05, 3.63) is 11.6 Å². The summed E-state index contributed by atoms with van der Waals surface area (Å²) < 4.78 is 47.4. The molecule has 12 N–H and O–H groups in total. The molecule has 22 nitrogen and oxygen atoms in total. The standard InChI is InChI=1S/C53H84O22/c1-22-30(56)33(59)36(62)44(69-22)72-39-37(63)40(42(65)66)73-45(38(39)64)71-29-12-13-50(6)27(49(29,4)5)11-14-52(8)28(50)10-9-23-24-19-48(2,3)15-17-53(24,18-16-51(23,52)7)47(67)75-46-41(34(60)32(58)26(20-54)70-46)74-43-35(61)31(57)25(55)21-68-43/h9,22,24-41,43-46,54-64H,10-21H2,1-8H3,(H,65,66)/t22-,24-,25+,26+,27-,28+,29-,30-,31-,32+,33+,34-,35+,36+,37-,38+,39-,40-,41+,43-,44-,45+,46-,50-,51+,52+,53-/m0/s1. The lowest BCUT2D eigenvalue weighted by atomic mass is 9.33. The number of carboxylic acids is 1. The highest BCUT2D eigenvalue weighted by molar-refractivity contribution is 5.79. The van der Waals surface area contributed by atoms with Crippen LogP contribution in [-0.4, -0.2) is 209 Å². The first kappa shape index (κ1) is 57.6. The van der Waals surface area contributed by atoms with Gasteiger partial charge in [-0.15, -0.1) is 0 Å². The molecule has 4 saturated heterocycles. The van der Waals surface area contributed by atoms with E-state index in [0.717, 1.165) is 25.7 Å². The van der Waals surface area contributed by atoms with Crippen LogP contribution < -0.4 is 0 Å². The average Bonchev–Trinajstić information content (AvgIpc) is 3.34. The van der Waals surface area contributed by atoms with E-state index in [1.165, 1.54) is 12.5 Å². The Morgan fingerprint density at radius 3 is 1.97 bits per heavy atom. The van der Waals surface area contributed by atoms with Gasteiger partial charge in [0.15, 0.2) is 31.1 Å². The lowest BCUT2D eigenvalue weighted by Gasteiger charge is -2.71. The molecule has 428 valence electrons. The van der Waals surface area contributed by atoms with Crippen LogP contribution in [0.1, 0.15) is 120 Å². The monoisotopic (exact) mass is 1070 g/mol. The van der Waals surface area contributed by atoms with E-state index in [9.17, 15) is 66.1 Å². The van der Waals surface area contributed by atoms with Gasteiger partial charge in [-0.1, -0.05) is 60.1 Å². The first-order valence-corrected chi connectivity index (χ1v) is 27.1. The number of carbonyl (C=O) groups is 2. The van der Waals surface area contributed by atoms with E-state index in [2.05, 4.69) is 54.5 Å². The summed E-state index contributed by atoms with van der Waals surface area (Å²) in [5.41, 5.74) is -1.36. The Morgan fingerprint density at radius 1 is 0.640 bits per heavy atom. The van der Waals surface area contributed by atoms with Crippen LogP contribution in [0, 0.1) is 50.2 Å². The molecule has 75 heavy (non-hydrogen) atoms. The Labute approximate surface area is 437 Å². The van der Waals surface area contributed by atoms with Gasteiger partial charge in [0.05, 0.1) is 30.8 Å². The van der Waals surface area contributed by atoms with Gasteiger partial charge in [0.25, 0.3) is 0 Å². The predicted molar refractivity (Wildman–Crippen MR) is 256 cm³/mol. The lowest BCUT2D eigenvalue weighted by molar-refractivity contribution is -0.363. The normalized spacial score (nSPS) is 53.5. The van der Waals surface area contributed by atoms with Crippen LogP contribution in [-0.2, 0) is 47.5 Å². The highest BCUT2D eigenvalue weighted by Gasteiger charge is 2.70. The number of ether oxygens (including phenoxy) is 8. The van der Waals surface area contributed by atoms with E-state index in [1.54, 1.807) is 0 Å². The van der Waals surface area contributed by atoms with Crippen molar-refractivity contribution in [3.8, 4) is 0 Å². The zero-order chi connectivity index (χ0) is 54.9. The minimum atomic E-state index is -1.93. The Balaban J connectivity index is 0.953. The second-order valence-corrected chi connectivity index (χ2v) is 25.8. The summed E-state index contributed by atoms with van der Waals surface area (Å²) in [7, 11) is 0. The molecule has 0 radical (unpaired) electrons. The lowest BCUT2D eigenvalue weighted by Crippen LogP contribution is -2.67. The van der Waals surface area contributed by atoms with Gasteiger partial charge in [0, 0.05) is 0 Å². The molecule has 27 atom stereocenters. The fourth-order valence-corrected chi connectivity index (χ4v) is 16.2. The van der Waals surface area contributed by atoms with Crippen molar-refractivity contribution < 1.29 is 109 Å². The zero-order valence-corrected chi connectivity index (χ0v) is 44.3. The van der Waals surface area contributed by atoms with Crippen LogP contribution in [0.15, 0.2) is 11.6 Å². The second-order valence-electron chi connectivity index (χ2n) is 25.8. The van der Waals surface area contributed by atoms with Gasteiger partial charge >= 0.3 is 11.9 Å². The number of fused-ring (bicyclic) bond motifs is 7. The second kappa shape index (κ2) is 20.5. The summed E-state index contributed by atoms with van der Waals surface area (Å²) in [5, 5.41) is 128. The SMILES string of the molecule is C[C@@H]1O[C@@H](O[C@@H]2[C@@H](O)[C@H](O[C@H]3CC[C@]4(C)[C@H]5CC=C6[C@@H]7CC(C)(C)CC[C@]7(C(=O)O[C@@H]7O[C@H](CO)[C@@H](O)[C@H](O)[C@H]7O[C@@H]7OC[C@@H](O)[C@H](O)[C@H]7O)CC[C@@]6(C)[C@]5(C)CC[C@H]4C3(C)C)O[C@H](C(=O)O)[C@H]2O)[C@H](O)[C@H](O)[C@H]1O. The first-order chi connectivity index (χ1) is 35.0. The minimum Gasteiger partial charge on any atom is -0.479 e. The molecule has 0 spiro atoms. The Kier molecular flexibility index (Phi) is 15.8. The van der Waals surface area contributed by atoms with Crippen molar-refractivity contribution in [1.82, 2.24) is 0 Å². The third kappa shape index (κ3) is 9.36. The molecule has 9 aliphatic rings. The molecule has 4 heterocycles. The summed E-state index contributed by atoms with van der Waals surface area (Å²) in [6.45, 7) is 16.1. The molecule has 0 aromatic rings. The van der Waals surface area contributed by atoms with E-state index in [0.29, 0.717) is 38.5 Å². The third-order valence-electron chi connectivity index (χ3n) is 21.0. The largest absolute Gasteiger partial charge is 0.479 e. The van der Waals surface area contributed by atoms with E-state index in [-0.39, 0.29) is 39.4 Å². The Hall–Kier alpha value is -2.04. The molecular formula is C53H84O22. The van der Waals surface area contributed by atoms with Gasteiger partial charge in [-0.25, -0.2) is 4.79 Å².